The Labute approximate surface area is 122 Å². The van der Waals surface area contributed by atoms with E-state index < -0.39 is 18.0 Å². The second kappa shape index (κ2) is 6.78. The van der Waals surface area contributed by atoms with Gasteiger partial charge in [-0.3, -0.25) is 0 Å². The largest absolute Gasteiger partial charge is 0.493 e. The number of hydrogen-bond acceptors (Lipinski definition) is 6. The summed E-state index contributed by atoms with van der Waals surface area (Å²) in [5.74, 6) is -0.0313. The molecule has 1 aromatic carbocycles. The van der Waals surface area contributed by atoms with Gasteiger partial charge >= 0.3 is 11.9 Å². The molecule has 0 unspecified atom stereocenters. The molecular weight excluding hydrogens is 276 g/mol. The van der Waals surface area contributed by atoms with Crippen LogP contribution in [0.2, 0.25) is 0 Å². The third kappa shape index (κ3) is 3.53. The van der Waals surface area contributed by atoms with E-state index in [0.29, 0.717) is 23.5 Å². The monoisotopic (exact) mass is 292 g/mol. The summed E-state index contributed by atoms with van der Waals surface area (Å²) in [6.45, 7) is 0.282. The molecule has 1 aliphatic rings. The van der Waals surface area contributed by atoms with Crippen LogP contribution in [0.4, 0.5) is 0 Å². The molecule has 1 aliphatic heterocycles. The van der Waals surface area contributed by atoms with Gasteiger partial charge in [0, 0.05) is 18.1 Å². The van der Waals surface area contributed by atoms with E-state index >= 15 is 0 Å². The number of ether oxygens (including phenoxy) is 4. The molecule has 1 saturated heterocycles. The Bertz CT molecular complexity index is 563. The van der Waals surface area contributed by atoms with Crippen molar-refractivity contribution in [1.29, 1.82) is 0 Å². The van der Waals surface area contributed by atoms with Crippen molar-refractivity contribution in [3.8, 4) is 11.5 Å². The van der Waals surface area contributed by atoms with Crippen LogP contribution in [0.5, 0.6) is 11.5 Å². The minimum absolute atomic E-state index is 0.282. The van der Waals surface area contributed by atoms with Crippen LogP contribution in [-0.2, 0) is 19.1 Å². The third-order valence-corrected chi connectivity index (χ3v) is 2.98. The fourth-order valence-corrected chi connectivity index (χ4v) is 1.96. The number of carbonyl (C=O) groups is 2. The quantitative estimate of drug-likeness (QED) is 0.606. The SMILES string of the molecule is COc1cccc(/C=C/C(=O)O[C@H]2CCOC2=O)c1OC. The highest BCUT2D eigenvalue weighted by atomic mass is 16.6. The van der Waals surface area contributed by atoms with E-state index in [4.69, 9.17) is 18.9 Å². The summed E-state index contributed by atoms with van der Waals surface area (Å²) in [7, 11) is 3.05. The first-order valence-corrected chi connectivity index (χ1v) is 6.42. The number of rotatable bonds is 5. The lowest BCUT2D eigenvalue weighted by atomic mass is 10.1. The molecule has 0 aromatic heterocycles. The molecule has 2 rings (SSSR count). The first-order valence-electron chi connectivity index (χ1n) is 6.42. The molecule has 1 aromatic rings. The maximum atomic E-state index is 11.7. The minimum Gasteiger partial charge on any atom is -0.493 e. The second-order valence-electron chi connectivity index (χ2n) is 4.30. The Kier molecular flexibility index (Phi) is 4.81. The first-order chi connectivity index (χ1) is 10.2. The number of para-hydroxylation sites is 1. The zero-order valence-electron chi connectivity index (χ0n) is 11.8. The zero-order valence-corrected chi connectivity index (χ0v) is 11.8. The van der Waals surface area contributed by atoms with Crippen molar-refractivity contribution in [3.63, 3.8) is 0 Å². The fourth-order valence-electron chi connectivity index (χ4n) is 1.96. The topological polar surface area (TPSA) is 71.1 Å². The highest BCUT2D eigenvalue weighted by molar-refractivity contribution is 5.90. The lowest BCUT2D eigenvalue weighted by molar-refractivity contribution is -0.156. The Morgan fingerprint density at radius 1 is 1.33 bits per heavy atom. The van der Waals surface area contributed by atoms with Gasteiger partial charge in [-0.1, -0.05) is 12.1 Å². The number of cyclic esters (lactones) is 1. The molecule has 21 heavy (non-hydrogen) atoms. The van der Waals surface area contributed by atoms with Crippen LogP contribution < -0.4 is 9.47 Å². The third-order valence-electron chi connectivity index (χ3n) is 2.98. The van der Waals surface area contributed by atoms with E-state index in [1.807, 2.05) is 0 Å². The molecule has 0 aliphatic carbocycles. The van der Waals surface area contributed by atoms with Gasteiger partial charge in [0.2, 0.25) is 6.10 Å². The van der Waals surface area contributed by atoms with Crippen molar-refractivity contribution in [2.75, 3.05) is 20.8 Å². The highest BCUT2D eigenvalue weighted by Crippen LogP contribution is 2.31. The van der Waals surface area contributed by atoms with Gasteiger partial charge in [0.25, 0.3) is 0 Å². The maximum absolute atomic E-state index is 11.7. The normalized spacial score (nSPS) is 17.6. The summed E-state index contributed by atoms with van der Waals surface area (Å²) in [6.07, 6.45) is 2.36. The van der Waals surface area contributed by atoms with E-state index in [1.165, 1.54) is 20.3 Å². The van der Waals surface area contributed by atoms with E-state index in [1.54, 1.807) is 24.3 Å². The van der Waals surface area contributed by atoms with Crippen molar-refractivity contribution >= 4 is 18.0 Å². The second-order valence-corrected chi connectivity index (χ2v) is 4.30. The molecule has 1 atom stereocenters. The van der Waals surface area contributed by atoms with E-state index in [2.05, 4.69) is 0 Å². The molecule has 0 spiro atoms. The lowest BCUT2D eigenvalue weighted by Crippen LogP contribution is -2.21. The Balaban J connectivity index is 2.06. The zero-order chi connectivity index (χ0) is 15.2. The van der Waals surface area contributed by atoms with Crippen LogP contribution in [0, 0.1) is 0 Å². The van der Waals surface area contributed by atoms with E-state index in [9.17, 15) is 9.59 Å². The highest BCUT2D eigenvalue weighted by Gasteiger charge is 2.29. The van der Waals surface area contributed by atoms with Crippen molar-refractivity contribution in [2.24, 2.45) is 0 Å². The molecule has 112 valence electrons. The first kappa shape index (κ1) is 14.9. The van der Waals surface area contributed by atoms with Crippen LogP contribution in [-0.4, -0.2) is 38.9 Å². The van der Waals surface area contributed by atoms with Gasteiger partial charge < -0.3 is 18.9 Å². The van der Waals surface area contributed by atoms with Crippen LogP contribution >= 0.6 is 0 Å². The molecule has 0 N–H and O–H groups in total. The molecule has 1 fully saturated rings. The minimum atomic E-state index is -0.811. The predicted molar refractivity (Wildman–Crippen MR) is 74.0 cm³/mol. The van der Waals surface area contributed by atoms with Crippen molar-refractivity contribution in [3.05, 3.63) is 29.8 Å². The van der Waals surface area contributed by atoms with Crippen molar-refractivity contribution in [1.82, 2.24) is 0 Å². The number of hydrogen-bond donors (Lipinski definition) is 0. The molecule has 0 saturated carbocycles. The summed E-state index contributed by atoms with van der Waals surface area (Å²) < 4.78 is 20.1. The van der Waals surface area contributed by atoms with Crippen molar-refractivity contribution in [2.45, 2.75) is 12.5 Å². The summed E-state index contributed by atoms with van der Waals surface area (Å²) >= 11 is 0. The van der Waals surface area contributed by atoms with Crippen molar-refractivity contribution < 1.29 is 28.5 Å². The number of methoxy groups -OCH3 is 2. The standard InChI is InChI=1S/C15H16O6/c1-18-11-5-3-4-10(14(11)19-2)6-7-13(16)21-12-8-9-20-15(12)17/h3-7,12H,8-9H2,1-2H3/b7-6+/t12-/m0/s1. The van der Waals surface area contributed by atoms with Crippen LogP contribution in [0.3, 0.4) is 0 Å². The maximum Gasteiger partial charge on any atom is 0.347 e. The number of carbonyl (C=O) groups excluding carboxylic acids is 2. The van der Waals surface area contributed by atoms with Crippen LogP contribution in [0.25, 0.3) is 6.08 Å². The van der Waals surface area contributed by atoms with E-state index in [-0.39, 0.29) is 6.61 Å². The number of benzene rings is 1. The molecule has 0 amide bonds. The average molecular weight is 292 g/mol. The van der Waals surface area contributed by atoms with Gasteiger partial charge in [0.1, 0.15) is 0 Å². The van der Waals surface area contributed by atoms with Gasteiger partial charge in [0.05, 0.1) is 20.8 Å². The molecule has 6 nitrogen and oxygen atoms in total. The number of esters is 2. The average Bonchev–Trinajstić information content (AvgIpc) is 2.89. The van der Waals surface area contributed by atoms with Gasteiger partial charge in [-0.25, -0.2) is 9.59 Å². The summed E-state index contributed by atoms with van der Waals surface area (Å²) in [5.41, 5.74) is 0.669. The Hall–Kier alpha value is -2.50. The molecule has 0 bridgehead atoms. The molecule has 6 heteroatoms. The molecule has 0 radical (unpaired) electrons. The Morgan fingerprint density at radius 2 is 2.14 bits per heavy atom. The van der Waals surface area contributed by atoms with Crippen LogP contribution in [0.15, 0.2) is 24.3 Å². The van der Waals surface area contributed by atoms with Gasteiger partial charge in [-0.2, -0.15) is 0 Å². The fraction of sp³-hybridized carbons (Fsp3) is 0.333. The summed E-state index contributed by atoms with van der Waals surface area (Å²) in [5, 5.41) is 0. The Morgan fingerprint density at radius 3 is 2.76 bits per heavy atom. The molecular formula is C15H16O6. The smallest absolute Gasteiger partial charge is 0.347 e. The predicted octanol–water partition coefficient (Wildman–Crippen LogP) is 1.58. The van der Waals surface area contributed by atoms with E-state index in [0.717, 1.165) is 0 Å². The van der Waals surface area contributed by atoms with Gasteiger partial charge in [0.15, 0.2) is 11.5 Å². The summed E-state index contributed by atoms with van der Waals surface area (Å²) in [4.78, 5) is 22.9. The lowest BCUT2D eigenvalue weighted by Gasteiger charge is -2.10. The van der Waals surface area contributed by atoms with Gasteiger partial charge in [-0.05, 0) is 12.1 Å². The van der Waals surface area contributed by atoms with Crippen LogP contribution in [0.1, 0.15) is 12.0 Å². The summed E-state index contributed by atoms with van der Waals surface area (Å²) in [6, 6.07) is 5.30. The van der Waals surface area contributed by atoms with Gasteiger partial charge in [-0.15, -0.1) is 0 Å². The molecule has 1 heterocycles.